The predicted octanol–water partition coefficient (Wildman–Crippen LogP) is 3.56. The Balaban J connectivity index is 0.00000243. The second-order valence-corrected chi connectivity index (χ2v) is 7.31. The highest BCUT2D eigenvalue weighted by molar-refractivity contribution is 14.0. The molecule has 2 aromatic heterocycles. The number of aromatic nitrogens is 3. The number of halogens is 1. The summed E-state index contributed by atoms with van der Waals surface area (Å²) in [4.78, 5) is 8.74. The van der Waals surface area contributed by atoms with Crippen molar-refractivity contribution in [1.82, 2.24) is 25.8 Å². The number of furan rings is 1. The van der Waals surface area contributed by atoms with Crippen molar-refractivity contribution in [3.8, 4) is 11.6 Å². The minimum Gasteiger partial charge on any atom is -0.461 e. The quantitative estimate of drug-likeness (QED) is 0.326. The van der Waals surface area contributed by atoms with Crippen LogP contribution in [0.4, 0.5) is 0 Å². The molecule has 0 amide bonds. The van der Waals surface area contributed by atoms with Crippen molar-refractivity contribution in [1.29, 1.82) is 0 Å². The van der Waals surface area contributed by atoms with E-state index in [1.54, 1.807) is 13.3 Å². The van der Waals surface area contributed by atoms with Crippen LogP contribution in [0.5, 0.6) is 0 Å². The third-order valence-electron chi connectivity index (χ3n) is 4.81. The highest BCUT2D eigenvalue weighted by Gasteiger charge is 2.37. The van der Waals surface area contributed by atoms with Crippen LogP contribution in [0.15, 0.2) is 27.8 Å². The number of H-pyrrole nitrogens is 1. The van der Waals surface area contributed by atoms with Gasteiger partial charge in [0.1, 0.15) is 5.82 Å². The minimum absolute atomic E-state index is 0. The first-order chi connectivity index (χ1) is 12.1. The first-order valence-electron chi connectivity index (χ1n) is 9.00. The van der Waals surface area contributed by atoms with Gasteiger partial charge in [0.05, 0.1) is 12.8 Å². The topological polar surface area (TPSA) is 91.1 Å². The lowest BCUT2D eigenvalue weighted by Gasteiger charge is -2.43. The van der Waals surface area contributed by atoms with Crippen molar-refractivity contribution in [3.63, 3.8) is 0 Å². The Kier molecular flexibility index (Phi) is 7.48. The monoisotopic (exact) mass is 472 g/mol. The largest absolute Gasteiger partial charge is 0.461 e. The summed E-state index contributed by atoms with van der Waals surface area (Å²) in [6.45, 7) is 6.10. The van der Waals surface area contributed by atoms with Gasteiger partial charge in [-0.2, -0.15) is 0 Å². The number of nitrogens with one attached hydrogen (secondary N) is 3. The second-order valence-electron chi connectivity index (χ2n) is 7.31. The van der Waals surface area contributed by atoms with E-state index in [9.17, 15) is 0 Å². The fourth-order valence-corrected chi connectivity index (χ4v) is 3.55. The summed E-state index contributed by atoms with van der Waals surface area (Å²) in [6, 6.07) is 3.66. The van der Waals surface area contributed by atoms with Crippen molar-refractivity contribution in [2.24, 2.45) is 16.3 Å². The highest BCUT2D eigenvalue weighted by Crippen LogP contribution is 2.45. The number of aromatic amines is 1. The number of hydrogen-bond donors (Lipinski definition) is 3. The van der Waals surface area contributed by atoms with Gasteiger partial charge in [-0.1, -0.05) is 20.3 Å². The van der Waals surface area contributed by atoms with Crippen molar-refractivity contribution in [2.45, 2.75) is 46.1 Å². The van der Waals surface area contributed by atoms with E-state index in [1.165, 1.54) is 25.7 Å². The van der Waals surface area contributed by atoms with Gasteiger partial charge in [0.15, 0.2) is 11.7 Å². The van der Waals surface area contributed by atoms with Crippen LogP contribution in [-0.4, -0.2) is 34.7 Å². The van der Waals surface area contributed by atoms with E-state index in [4.69, 9.17) is 4.42 Å². The van der Waals surface area contributed by atoms with Crippen LogP contribution in [0.2, 0.25) is 0 Å². The first-order valence-corrected chi connectivity index (χ1v) is 9.00. The summed E-state index contributed by atoms with van der Waals surface area (Å²) >= 11 is 0. The van der Waals surface area contributed by atoms with Gasteiger partial charge < -0.3 is 15.1 Å². The van der Waals surface area contributed by atoms with Crippen molar-refractivity contribution in [3.05, 3.63) is 24.2 Å². The van der Waals surface area contributed by atoms with Crippen LogP contribution in [0.25, 0.3) is 11.6 Å². The molecule has 3 rings (SSSR count). The normalized spacial score (nSPS) is 16.1. The van der Waals surface area contributed by atoms with Gasteiger partial charge in [0.25, 0.3) is 0 Å². The predicted molar refractivity (Wildman–Crippen MR) is 113 cm³/mol. The molecule has 0 atom stereocenters. The summed E-state index contributed by atoms with van der Waals surface area (Å²) in [6.07, 6.45) is 6.84. The zero-order chi connectivity index (χ0) is 17.7. The van der Waals surface area contributed by atoms with Gasteiger partial charge in [-0.15, -0.1) is 29.1 Å². The molecule has 0 aliphatic heterocycles. The van der Waals surface area contributed by atoms with E-state index < -0.39 is 0 Å². The van der Waals surface area contributed by atoms with Crippen LogP contribution < -0.4 is 10.6 Å². The van der Waals surface area contributed by atoms with Gasteiger partial charge >= 0.3 is 0 Å². The maximum absolute atomic E-state index is 5.30. The molecular weight excluding hydrogens is 443 g/mol. The van der Waals surface area contributed by atoms with Crippen LogP contribution in [0.1, 0.15) is 45.4 Å². The third kappa shape index (κ3) is 5.21. The molecule has 2 aromatic rings. The molecule has 8 heteroatoms. The molecule has 2 heterocycles. The lowest BCUT2D eigenvalue weighted by Crippen LogP contribution is -2.46. The van der Waals surface area contributed by atoms with E-state index in [1.807, 2.05) is 12.1 Å². The van der Waals surface area contributed by atoms with Crippen molar-refractivity contribution in [2.75, 3.05) is 13.6 Å². The van der Waals surface area contributed by atoms with E-state index in [0.29, 0.717) is 23.5 Å². The van der Waals surface area contributed by atoms with E-state index in [2.05, 4.69) is 44.7 Å². The summed E-state index contributed by atoms with van der Waals surface area (Å²) < 4.78 is 5.30. The van der Waals surface area contributed by atoms with Crippen molar-refractivity contribution < 1.29 is 4.42 Å². The lowest BCUT2D eigenvalue weighted by atomic mass is 9.64. The fraction of sp³-hybridized carbons (Fsp3) is 0.611. The number of rotatable bonds is 7. The molecule has 3 N–H and O–H groups in total. The molecule has 0 aromatic carbocycles. The third-order valence-corrected chi connectivity index (χ3v) is 4.81. The fourth-order valence-electron chi connectivity index (χ4n) is 3.55. The highest BCUT2D eigenvalue weighted by atomic mass is 127. The smallest absolute Gasteiger partial charge is 0.216 e. The van der Waals surface area contributed by atoms with Crippen LogP contribution in [0, 0.1) is 11.3 Å². The molecule has 0 bridgehead atoms. The molecule has 26 heavy (non-hydrogen) atoms. The Morgan fingerprint density at radius 1 is 1.38 bits per heavy atom. The molecule has 1 fully saturated rings. The van der Waals surface area contributed by atoms with Gasteiger partial charge in [-0.05, 0) is 42.7 Å². The molecule has 0 radical (unpaired) electrons. The molecule has 0 unspecified atom stereocenters. The summed E-state index contributed by atoms with van der Waals surface area (Å²) in [7, 11) is 1.79. The van der Waals surface area contributed by atoms with Crippen LogP contribution >= 0.6 is 24.0 Å². The molecule has 144 valence electrons. The molecule has 0 saturated heterocycles. The second kappa shape index (κ2) is 9.38. The maximum Gasteiger partial charge on any atom is 0.216 e. The molecule has 1 aliphatic rings. The van der Waals surface area contributed by atoms with Gasteiger partial charge in [0.2, 0.25) is 5.82 Å². The SMILES string of the molecule is CN=C(NCc1nc(-c2ccco2)n[nH]1)NCC1(CC(C)C)CCC1.I. The van der Waals surface area contributed by atoms with Crippen molar-refractivity contribution >= 4 is 29.9 Å². The molecule has 1 saturated carbocycles. The average molecular weight is 472 g/mol. The Morgan fingerprint density at radius 2 is 2.19 bits per heavy atom. The number of guanidine groups is 1. The summed E-state index contributed by atoms with van der Waals surface area (Å²) in [5.41, 5.74) is 0.435. The summed E-state index contributed by atoms with van der Waals surface area (Å²) in [5, 5.41) is 13.9. The Hall–Kier alpha value is -1.58. The standard InChI is InChI=1S/C18H28N6O.HI/c1-13(2)10-18(7-5-8-18)12-21-17(19-3)20-11-15-22-16(24-23-15)14-6-4-9-25-14;/h4,6,9,13H,5,7-8,10-12H2,1-3H3,(H2,19,20,21)(H,22,23,24);1H. The van der Waals surface area contributed by atoms with E-state index in [-0.39, 0.29) is 24.0 Å². The number of hydrogen-bond acceptors (Lipinski definition) is 4. The molecule has 1 aliphatic carbocycles. The van der Waals surface area contributed by atoms with E-state index in [0.717, 1.165) is 24.2 Å². The maximum atomic E-state index is 5.30. The first kappa shape index (κ1) is 20.7. The number of aliphatic imine (C=N–C) groups is 1. The zero-order valence-electron chi connectivity index (χ0n) is 15.7. The Morgan fingerprint density at radius 3 is 2.77 bits per heavy atom. The van der Waals surface area contributed by atoms with Gasteiger partial charge in [0, 0.05) is 13.6 Å². The van der Waals surface area contributed by atoms with Crippen LogP contribution in [0.3, 0.4) is 0 Å². The Labute approximate surface area is 171 Å². The molecular formula is C18H29IN6O. The zero-order valence-corrected chi connectivity index (χ0v) is 18.0. The van der Waals surface area contributed by atoms with Gasteiger partial charge in [-0.25, -0.2) is 4.98 Å². The number of nitrogens with zero attached hydrogens (tertiary/aromatic N) is 3. The van der Waals surface area contributed by atoms with E-state index >= 15 is 0 Å². The lowest BCUT2D eigenvalue weighted by molar-refractivity contribution is 0.104. The van der Waals surface area contributed by atoms with Gasteiger partial charge in [-0.3, -0.25) is 10.1 Å². The molecule has 0 spiro atoms. The van der Waals surface area contributed by atoms with Crippen LogP contribution in [-0.2, 0) is 6.54 Å². The Bertz CT molecular complexity index is 690. The average Bonchev–Trinajstić information content (AvgIpc) is 3.23. The minimum atomic E-state index is 0. The molecule has 7 nitrogen and oxygen atoms in total. The summed E-state index contributed by atoms with van der Waals surface area (Å²) in [5.74, 6) is 3.49.